The number of hydrogen-bond acceptors (Lipinski definition) is 10. The van der Waals surface area contributed by atoms with Crippen molar-refractivity contribution < 1.29 is 42.9 Å². The van der Waals surface area contributed by atoms with Gasteiger partial charge in [-0.1, -0.05) is 53.0 Å². The third kappa shape index (κ3) is 7.99. The Bertz CT molecular complexity index is 1290. The number of carbonyl (C=O) groups excluding carboxylic acids is 4. The molecule has 3 rings (SSSR count). The quantitative estimate of drug-likeness (QED) is 0.240. The Morgan fingerprint density at radius 3 is 2.27 bits per heavy atom. The fraction of sp³-hybridized carbons (Fsp3) is 0.784. The molecule has 0 radical (unpaired) electrons. The van der Waals surface area contributed by atoms with Gasteiger partial charge in [-0.15, -0.1) is 0 Å². The molecule has 1 N–H and O–H groups in total. The van der Waals surface area contributed by atoms with Crippen molar-refractivity contribution in [2.75, 3.05) is 20.7 Å². The predicted octanol–water partition coefficient (Wildman–Crippen LogP) is 4.70. The molecular formula is C37H58N2O9. The zero-order valence-corrected chi connectivity index (χ0v) is 31.0. The molecule has 0 saturated carbocycles. The summed E-state index contributed by atoms with van der Waals surface area (Å²) in [5.74, 6) is 2.06. The fourth-order valence-corrected chi connectivity index (χ4v) is 7.95. The van der Waals surface area contributed by atoms with Crippen molar-refractivity contribution in [1.82, 2.24) is 10.2 Å². The van der Waals surface area contributed by atoms with Gasteiger partial charge >= 0.3 is 12.1 Å². The number of alkyl carbamates (subject to hydrolysis) is 1. The van der Waals surface area contributed by atoms with E-state index in [-0.39, 0.29) is 43.3 Å². The van der Waals surface area contributed by atoms with Gasteiger partial charge in [0, 0.05) is 29.7 Å². The Morgan fingerprint density at radius 1 is 1.04 bits per heavy atom. The molecule has 0 unspecified atom stereocenters. The first-order valence-electron chi connectivity index (χ1n) is 17.2. The Hall–Kier alpha value is -2.78. The number of esters is 1. The van der Waals surface area contributed by atoms with E-state index in [1.54, 1.807) is 27.7 Å². The van der Waals surface area contributed by atoms with Crippen LogP contribution in [-0.4, -0.2) is 97.1 Å². The Kier molecular flexibility index (Phi) is 12.7. The normalized spacial score (nSPS) is 40.9. The van der Waals surface area contributed by atoms with Crippen molar-refractivity contribution >= 4 is 23.6 Å². The molecule has 3 fully saturated rings. The number of amides is 1. The van der Waals surface area contributed by atoms with Crippen LogP contribution in [0, 0.1) is 40.9 Å². The van der Waals surface area contributed by atoms with Crippen LogP contribution in [0.15, 0.2) is 12.7 Å². The number of hydrogen-bond donors (Lipinski definition) is 1. The highest BCUT2D eigenvalue weighted by Crippen LogP contribution is 2.42. The van der Waals surface area contributed by atoms with E-state index in [1.165, 1.54) is 19.9 Å². The molecule has 3 heterocycles. The second kappa shape index (κ2) is 15.4. The molecular weight excluding hydrogens is 616 g/mol. The summed E-state index contributed by atoms with van der Waals surface area (Å²) < 4.78 is 31.6. The standard InChI is InChI=1S/C37H58N2O9/c1-14-16-17-18-44-36(10)20-21(3)28(40)24(6)29-37(11,48-34(43)38-29)27(15-2)46-33(42)35(8,9)30(41)25(7)31(36)47-32-23(5)26(39(12)13)19-22(4)45-32/h14,21-27,29,31-32H,1,15,18-20H2,2-13H3,(H,38,43)/t21-,22-,23-,24+,25+,26+,27-,29-,31-,32+,36+,37-/m1/s1. The number of Topliss-reactive ketones (excluding diaryl/α,β-unsaturated/α-hetero) is 2. The molecule has 11 nitrogen and oxygen atoms in total. The molecule has 3 saturated heterocycles. The van der Waals surface area contributed by atoms with Crippen molar-refractivity contribution in [1.29, 1.82) is 0 Å². The topological polar surface area (TPSA) is 130 Å². The zero-order valence-electron chi connectivity index (χ0n) is 31.0. The Morgan fingerprint density at radius 2 is 1.69 bits per heavy atom. The molecule has 0 aromatic heterocycles. The molecule has 0 aliphatic carbocycles. The lowest BCUT2D eigenvalue weighted by Crippen LogP contribution is -2.60. The van der Waals surface area contributed by atoms with E-state index in [0.29, 0.717) is 0 Å². The number of fused-ring (bicyclic) bond motifs is 1. The molecule has 0 spiro atoms. The fourth-order valence-electron chi connectivity index (χ4n) is 7.95. The molecule has 48 heavy (non-hydrogen) atoms. The third-order valence-electron chi connectivity index (χ3n) is 10.8. The summed E-state index contributed by atoms with van der Waals surface area (Å²) in [7, 11) is 4.04. The van der Waals surface area contributed by atoms with Gasteiger partial charge in [0.25, 0.3) is 0 Å². The molecule has 0 bridgehead atoms. The smallest absolute Gasteiger partial charge is 0.408 e. The first kappa shape index (κ1) is 39.7. The summed E-state index contributed by atoms with van der Waals surface area (Å²) >= 11 is 0. The van der Waals surface area contributed by atoms with E-state index in [0.717, 1.165) is 6.42 Å². The molecule has 11 heteroatoms. The van der Waals surface area contributed by atoms with Crippen molar-refractivity contribution in [3.8, 4) is 11.8 Å². The number of ketones is 2. The van der Waals surface area contributed by atoms with Crippen molar-refractivity contribution in [3.63, 3.8) is 0 Å². The van der Waals surface area contributed by atoms with Gasteiger partial charge in [0.05, 0.1) is 23.9 Å². The lowest BCUT2D eigenvalue weighted by atomic mass is 9.71. The number of nitrogens with one attached hydrogen (secondary N) is 1. The van der Waals surface area contributed by atoms with E-state index in [2.05, 4.69) is 35.6 Å². The lowest BCUT2D eigenvalue weighted by Gasteiger charge is -2.48. The summed E-state index contributed by atoms with van der Waals surface area (Å²) in [4.78, 5) is 57.6. The van der Waals surface area contributed by atoms with Crippen molar-refractivity contribution in [3.05, 3.63) is 12.7 Å². The minimum Gasteiger partial charge on any atom is -0.457 e. The molecule has 3 aliphatic heterocycles. The maximum absolute atomic E-state index is 14.5. The Balaban J connectivity index is 2.21. The van der Waals surface area contributed by atoms with Crippen LogP contribution in [0.4, 0.5) is 4.79 Å². The first-order chi connectivity index (χ1) is 22.2. The summed E-state index contributed by atoms with van der Waals surface area (Å²) in [6, 6.07) is -0.650. The van der Waals surface area contributed by atoms with Crippen LogP contribution in [0.25, 0.3) is 0 Å². The van der Waals surface area contributed by atoms with E-state index in [4.69, 9.17) is 23.7 Å². The lowest BCUT2D eigenvalue weighted by molar-refractivity contribution is -0.282. The van der Waals surface area contributed by atoms with Crippen LogP contribution in [0.1, 0.15) is 88.5 Å². The van der Waals surface area contributed by atoms with Crippen LogP contribution in [-0.2, 0) is 38.1 Å². The van der Waals surface area contributed by atoms with Gasteiger partial charge in [0.1, 0.15) is 23.9 Å². The van der Waals surface area contributed by atoms with Crippen LogP contribution in [0.3, 0.4) is 0 Å². The second-order valence-corrected chi connectivity index (χ2v) is 15.2. The van der Waals surface area contributed by atoms with Crippen LogP contribution in [0.2, 0.25) is 0 Å². The number of allylic oxidation sites excluding steroid dienone is 1. The molecule has 0 aromatic rings. The SMILES string of the molecule is C=CC#CCO[C@@]1(C)C[C@@H](C)C(=O)[C@H](C)[C@H]2NC(=O)O[C@]2(C)[C@@H](CC)OC(=O)C(C)(C)C(=O)[C@H](C)[C@H]1O[C@@H]1O[C@H](C)C[C@H](N(C)C)[C@H]1C. The molecule has 0 aromatic carbocycles. The van der Waals surface area contributed by atoms with Gasteiger partial charge in [0.2, 0.25) is 0 Å². The summed E-state index contributed by atoms with van der Waals surface area (Å²) in [5, 5.41) is 2.80. The minimum atomic E-state index is -1.62. The predicted molar refractivity (Wildman–Crippen MR) is 181 cm³/mol. The second-order valence-electron chi connectivity index (χ2n) is 15.2. The molecule has 1 amide bonds. The van der Waals surface area contributed by atoms with E-state index in [1.807, 2.05) is 34.9 Å². The van der Waals surface area contributed by atoms with E-state index < -0.39 is 76.8 Å². The number of carbonyl (C=O) groups is 4. The maximum Gasteiger partial charge on any atom is 0.408 e. The maximum atomic E-state index is 14.5. The van der Waals surface area contributed by atoms with Gasteiger partial charge in [-0.25, -0.2) is 4.79 Å². The van der Waals surface area contributed by atoms with Crippen molar-refractivity contribution in [2.45, 2.75) is 136 Å². The zero-order chi connectivity index (χ0) is 36.4. The number of rotatable bonds is 6. The summed E-state index contributed by atoms with van der Waals surface area (Å²) in [6.45, 7) is 21.3. The summed E-state index contributed by atoms with van der Waals surface area (Å²) in [5.41, 5.74) is -4.23. The average molecular weight is 675 g/mol. The molecule has 12 atom stereocenters. The summed E-state index contributed by atoms with van der Waals surface area (Å²) in [6.07, 6.45) is -0.707. The monoisotopic (exact) mass is 674 g/mol. The van der Waals surface area contributed by atoms with Crippen LogP contribution < -0.4 is 5.32 Å². The third-order valence-corrected chi connectivity index (χ3v) is 10.8. The largest absolute Gasteiger partial charge is 0.457 e. The number of nitrogens with zero attached hydrogens (tertiary/aromatic N) is 1. The number of cyclic esters (lactones) is 1. The van der Waals surface area contributed by atoms with E-state index >= 15 is 0 Å². The van der Waals surface area contributed by atoms with Gasteiger partial charge in [-0.05, 0) is 74.1 Å². The van der Waals surface area contributed by atoms with Gasteiger partial charge in [-0.3, -0.25) is 14.4 Å². The molecule has 270 valence electrons. The van der Waals surface area contributed by atoms with Crippen LogP contribution in [0.5, 0.6) is 0 Å². The van der Waals surface area contributed by atoms with Crippen molar-refractivity contribution in [2.24, 2.45) is 29.1 Å². The highest BCUT2D eigenvalue weighted by molar-refractivity contribution is 6.04. The van der Waals surface area contributed by atoms with Gasteiger partial charge in [0.15, 0.2) is 17.7 Å². The van der Waals surface area contributed by atoms with Gasteiger partial charge in [-0.2, -0.15) is 0 Å². The highest BCUT2D eigenvalue weighted by Gasteiger charge is 2.58. The highest BCUT2D eigenvalue weighted by atomic mass is 16.7. The number of ether oxygens (including phenoxy) is 5. The molecule has 3 aliphatic rings. The van der Waals surface area contributed by atoms with Crippen LogP contribution >= 0.6 is 0 Å². The van der Waals surface area contributed by atoms with Gasteiger partial charge < -0.3 is 33.9 Å². The van der Waals surface area contributed by atoms with E-state index in [9.17, 15) is 19.2 Å². The first-order valence-corrected chi connectivity index (χ1v) is 17.2. The average Bonchev–Trinajstić information content (AvgIpc) is 3.33. The Labute approximate surface area is 287 Å². The minimum absolute atomic E-state index is 0.0221.